The van der Waals surface area contributed by atoms with Gasteiger partial charge in [-0.2, -0.15) is 11.8 Å². The molecule has 2 saturated heterocycles. The molecule has 0 aromatic heterocycles. The molecule has 0 aromatic carbocycles. The van der Waals surface area contributed by atoms with Gasteiger partial charge < -0.3 is 10.1 Å². The van der Waals surface area contributed by atoms with Gasteiger partial charge in [-0.05, 0) is 37.5 Å². The lowest BCUT2D eigenvalue weighted by Crippen LogP contribution is -2.49. The minimum absolute atomic E-state index is 0.0265. The van der Waals surface area contributed by atoms with Gasteiger partial charge >= 0.3 is 0 Å². The van der Waals surface area contributed by atoms with Gasteiger partial charge in [0, 0.05) is 24.7 Å². The number of hydrogen-bond acceptors (Lipinski definition) is 5. The molecule has 2 aliphatic heterocycles. The van der Waals surface area contributed by atoms with Gasteiger partial charge in [0.1, 0.15) is 9.84 Å². The first kappa shape index (κ1) is 15.6. The second-order valence-corrected chi connectivity index (χ2v) is 9.13. The Labute approximate surface area is 121 Å². The summed E-state index contributed by atoms with van der Waals surface area (Å²) in [6.07, 6.45) is 4.43. The predicted octanol–water partition coefficient (Wildman–Crippen LogP) is 1.31. The summed E-state index contributed by atoms with van der Waals surface area (Å²) in [6, 6.07) is 0.0753. The van der Waals surface area contributed by atoms with E-state index in [1.54, 1.807) is 0 Å². The van der Waals surface area contributed by atoms with Crippen molar-refractivity contribution in [2.75, 3.05) is 36.7 Å². The zero-order valence-electron chi connectivity index (χ0n) is 11.9. The molecular formula is C13H25NO3S2. The second kappa shape index (κ2) is 6.33. The Bertz CT molecular complexity index is 391. The van der Waals surface area contributed by atoms with Crippen LogP contribution >= 0.6 is 11.8 Å². The Morgan fingerprint density at radius 3 is 2.89 bits per heavy atom. The van der Waals surface area contributed by atoms with E-state index in [1.807, 2.05) is 18.7 Å². The van der Waals surface area contributed by atoms with Gasteiger partial charge in [-0.15, -0.1) is 0 Å². The van der Waals surface area contributed by atoms with E-state index in [0.29, 0.717) is 5.92 Å². The summed E-state index contributed by atoms with van der Waals surface area (Å²) >= 11 is 1.96. The smallest absolute Gasteiger partial charge is 0.148 e. The van der Waals surface area contributed by atoms with Gasteiger partial charge in [0.05, 0.1) is 11.4 Å². The maximum atomic E-state index is 11.6. The van der Waals surface area contributed by atoms with Gasteiger partial charge in [-0.1, -0.05) is 6.92 Å². The van der Waals surface area contributed by atoms with Crippen molar-refractivity contribution >= 4 is 21.6 Å². The number of hydrogen-bond donors (Lipinski definition) is 1. The van der Waals surface area contributed by atoms with Crippen LogP contribution in [0.2, 0.25) is 0 Å². The molecule has 0 bridgehead atoms. The number of ether oxygens (including phenoxy) is 1. The highest BCUT2D eigenvalue weighted by Gasteiger charge is 2.42. The van der Waals surface area contributed by atoms with E-state index in [4.69, 9.17) is 4.74 Å². The van der Waals surface area contributed by atoms with Gasteiger partial charge in [-0.25, -0.2) is 8.42 Å². The predicted molar refractivity (Wildman–Crippen MR) is 80.5 cm³/mol. The van der Waals surface area contributed by atoms with Crippen molar-refractivity contribution in [2.45, 2.75) is 37.8 Å². The van der Waals surface area contributed by atoms with Crippen LogP contribution in [0.4, 0.5) is 0 Å². The molecule has 0 amide bonds. The largest absolute Gasteiger partial charge is 0.374 e. The summed E-state index contributed by atoms with van der Waals surface area (Å²) in [4.78, 5) is 0. The first-order valence-corrected chi connectivity index (χ1v) is 10.3. The molecule has 2 aliphatic rings. The number of nitrogens with one attached hydrogen (secondary N) is 1. The normalized spacial score (nSPS) is 33.7. The van der Waals surface area contributed by atoms with E-state index in [1.165, 1.54) is 12.0 Å². The van der Waals surface area contributed by atoms with Crippen molar-refractivity contribution in [2.24, 2.45) is 5.92 Å². The molecule has 3 unspecified atom stereocenters. The van der Waals surface area contributed by atoms with E-state index in [0.717, 1.165) is 38.2 Å². The van der Waals surface area contributed by atoms with Gasteiger partial charge in [0.2, 0.25) is 0 Å². The van der Waals surface area contributed by atoms with Crippen molar-refractivity contribution in [3.8, 4) is 0 Å². The Morgan fingerprint density at radius 1 is 1.53 bits per heavy atom. The van der Waals surface area contributed by atoms with Crippen LogP contribution in [0.15, 0.2) is 0 Å². The molecule has 112 valence electrons. The summed E-state index contributed by atoms with van der Waals surface area (Å²) in [5, 5.41) is 3.37. The topological polar surface area (TPSA) is 55.4 Å². The molecule has 2 fully saturated rings. The molecule has 0 radical (unpaired) electrons. The Hall–Kier alpha value is 0.220. The van der Waals surface area contributed by atoms with E-state index < -0.39 is 9.84 Å². The average Bonchev–Trinajstić information content (AvgIpc) is 2.75. The Balaban J connectivity index is 2.04. The highest BCUT2D eigenvalue weighted by Crippen LogP contribution is 2.41. The average molecular weight is 307 g/mol. The van der Waals surface area contributed by atoms with Crippen molar-refractivity contribution in [1.82, 2.24) is 5.32 Å². The van der Waals surface area contributed by atoms with Crippen molar-refractivity contribution in [3.05, 3.63) is 0 Å². The molecule has 0 aliphatic carbocycles. The molecule has 2 rings (SSSR count). The number of thioether (sulfide) groups is 1. The molecule has 6 heteroatoms. The fourth-order valence-electron chi connectivity index (χ4n) is 3.22. The van der Waals surface area contributed by atoms with Crippen molar-refractivity contribution in [1.29, 1.82) is 0 Å². The molecule has 2 heterocycles. The standard InChI is InChI=1S/C13H25NO3S2/c1-3-14-12(9-19(2,15)16)11-4-6-17-13(8-11)5-7-18-10-13/h11-12,14H,3-10H2,1-2H3. The molecule has 0 saturated carbocycles. The molecule has 1 spiro atoms. The highest BCUT2D eigenvalue weighted by atomic mass is 32.2. The quantitative estimate of drug-likeness (QED) is 0.830. The Kier molecular flexibility index (Phi) is 5.20. The van der Waals surface area contributed by atoms with Gasteiger partial charge in [-0.3, -0.25) is 0 Å². The summed E-state index contributed by atoms with van der Waals surface area (Å²) in [7, 11) is -2.94. The van der Waals surface area contributed by atoms with Crippen LogP contribution in [0, 0.1) is 5.92 Å². The number of rotatable bonds is 5. The van der Waals surface area contributed by atoms with E-state index in [2.05, 4.69) is 5.32 Å². The first-order chi connectivity index (χ1) is 8.94. The third-order valence-electron chi connectivity index (χ3n) is 4.12. The summed E-state index contributed by atoms with van der Waals surface area (Å²) in [5.74, 6) is 2.91. The minimum atomic E-state index is -2.94. The van der Waals surface area contributed by atoms with E-state index >= 15 is 0 Å². The number of sulfone groups is 1. The van der Waals surface area contributed by atoms with Crippen LogP contribution in [0.25, 0.3) is 0 Å². The zero-order valence-corrected chi connectivity index (χ0v) is 13.5. The maximum absolute atomic E-state index is 11.6. The van der Waals surface area contributed by atoms with Crippen LogP contribution in [0.3, 0.4) is 0 Å². The highest BCUT2D eigenvalue weighted by molar-refractivity contribution is 7.99. The molecule has 0 aromatic rings. The van der Waals surface area contributed by atoms with Crippen molar-refractivity contribution < 1.29 is 13.2 Å². The van der Waals surface area contributed by atoms with Crippen LogP contribution < -0.4 is 5.32 Å². The summed E-state index contributed by atoms with van der Waals surface area (Å²) in [5.41, 5.74) is 0.0265. The van der Waals surface area contributed by atoms with Crippen LogP contribution in [-0.4, -0.2) is 56.7 Å². The lowest BCUT2D eigenvalue weighted by atomic mass is 9.81. The van der Waals surface area contributed by atoms with Crippen LogP contribution in [0.5, 0.6) is 0 Å². The van der Waals surface area contributed by atoms with Gasteiger partial charge in [0.25, 0.3) is 0 Å². The van der Waals surface area contributed by atoms with Crippen LogP contribution in [-0.2, 0) is 14.6 Å². The van der Waals surface area contributed by atoms with Gasteiger partial charge in [0.15, 0.2) is 0 Å². The monoisotopic (exact) mass is 307 g/mol. The molecule has 3 atom stereocenters. The molecule has 1 N–H and O–H groups in total. The van der Waals surface area contributed by atoms with Crippen LogP contribution in [0.1, 0.15) is 26.2 Å². The van der Waals surface area contributed by atoms with Crippen molar-refractivity contribution in [3.63, 3.8) is 0 Å². The lowest BCUT2D eigenvalue weighted by Gasteiger charge is -2.41. The maximum Gasteiger partial charge on any atom is 0.148 e. The Morgan fingerprint density at radius 2 is 2.32 bits per heavy atom. The fraction of sp³-hybridized carbons (Fsp3) is 1.00. The molecule has 4 nitrogen and oxygen atoms in total. The third kappa shape index (κ3) is 4.34. The van der Waals surface area contributed by atoms with E-state index in [9.17, 15) is 8.42 Å². The summed E-state index contributed by atoms with van der Waals surface area (Å²) < 4.78 is 29.2. The minimum Gasteiger partial charge on any atom is -0.374 e. The van der Waals surface area contributed by atoms with E-state index in [-0.39, 0.29) is 17.4 Å². The lowest BCUT2D eigenvalue weighted by molar-refractivity contribution is -0.0838. The molecular weight excluding hydrogens is 282 g/mol. The second-order valence-electron chi connectivity index (χ2n) is 5.84. The SMILES string of the molecule is CCNC(CS(C)(=O)=O)C1CCOC2(CCSC2)C1. The zero-order chi connectivity index (χ0) is 13.9. The first-order valence-electron chi connectivity index (χ1n) is 7.07. The fourth-order valence-corrected chi connectivity index (χ4v) is 5.64. The molecule has 19 heavy (non-hydrogen) atoms. The third-order valence-corrected chi connectivity index (χ3v) is 6.30. The summed E-state index contributed by atoms with van der Waals surface area (Å²) in [6.45, 7) is 3.63.